The second-order valence-corrected chi connectivity index (χ2v) is 8.85. The molecule has 2 amide bonds. The van der Waals surface area contributed by atoms with E-state index >= 15 is 0 Å². The van der Waals surface area contributed by atoms with E-state index in [-0.39, 0.29) is 29.8 Å². The van der Waals surface area contributed by atoms with Crippen molar-refractivity contribution in [3.8, 4) is 0 Å². The number of amides is 2. The van der Waals surface area contributed by atoms with Gasteiger partial charge in [-0.3, -0.25) is 14.3 Å². The second kappa shape index (κ2) is 9.44. The lowest BCUT2D eigenvalue weighted by molar-refractivity contribution is -0.121. The third-order valence-electron chi connectivity index (χ3n) is 4.59. The Hall–Kier alpha value is -2.34. The average Bonchev–Trinajstić information content (AvgIpc) is 3.11. The predicted octanol–water partition coefficient (Wildman–Crippen LogP) is 4.19. The van der Waals surface area contributed by atoms with Crippen LogP contribution in [0.3, 0.4) is 0 Å². The van der Waals surface area contributed by atoms with Crippen LogP contribution >= 0.6 is 11.6 Å². The van der Waals surface area contributed by atoms with Crippen LogP contribution in [0.4, 0.5) is 0 Å². The molecule has 0 saturated heterocycles. The molecule has 1 aromatic heterocycles. The number of carbonyl (C=O) groups excluding carboxylic acids is 2. The summed E-state index contributed by atoms with van der Waals surface area (Å²) in [5.74, 6) is -0.213. The molecule has 0 aliphatic rings. The first-order valence-electron chi connectivity index (χ1n) is 9.93. The van der Waals surface area contributed by atoms with Gasteiger partial charge in [0.25, 0.3) is 5.91 Å². The zero-order valence-corrected chi connectivity index (χ0v) is 18.9. The van der Waals surface area contributed by atoms with Crippen molar-refractivity contribution in [2.24, 2.45) is 0 Å². The standard InChI is InChI=1S/C22H31ClN4O2/c1-7-26(14-20(28)24-13-16-8-10-17(23)11-9-16)21(29)18-12-19(15(2)3)27(25-18)22(4,5)6/h8-12,15H,7,13-14H2,1-6H3,(H,24,28). The molecule has 0 aliphatic carbocycles. The number of nitrogens with one attached hydrogen (secondary N) is 1. The lowest BCUT2D eigenvalue weighted by Crippen LogP contribution is -2.40. The summed E-state index contributed by atoms with van der Waals surface area (Å²) in [5.41, 5.74) is 2.09. The first-order valence-corrected chi connectivity index (χ1v) is 10.3. The van der Waals surface area contributed by atoms with Crippen molar-refractivity contribution in [3.05, 3.63) is 52.3 Å². The van der Waals surface area contributed by atoms with Gasteiger partial charge in [0.15, 0.2) is 5.69 Å². The molecule has 6 nitrogen and oxygen atoms in total. The first kappa shape index (κ1) is 22.9. The maximum absolute atomic E-state index is 13.0. The van der Waals surface area contributed by atoms with E-state index in [4.69, 9.17) is 11.6 Å². The van der Waals surface area contributed by atoms with E-state index in [0.29, 0.717) is 23.8 Å². The average molecular weight is 419 g/mol. The molecule has 2 rings (SSSR count). The summed E-state index contributed by atoms with van der Waals surface area (Å²) in [7, 11) is 0. The molecule has 1 heterocycles. The van der Waals surface area contributed by atoms with E-state index in [9.17, 15) is 9.59 Å². The van der Waals surface area contributed by atoms with Crippen LogP contribution in [0.5, 0.6) is 0 Å². The van der Waals surface area contributed by atoms with Gasteiger partial charge in [-0.1, -0.05) is 37.6 Å². The van der Waals surface area contributed by atoms with Crippen molar-refractivity contribution in [1.82, 2.24) is 20.0 Å². The van der Waals surface area contributed by atoms with Gasteiger partial charge in [-0.25, -0.2) is 0 Å². The minimum atomic E-state index is -0.237. The number of likely N-dealkylation sites (N-methyl/N-ethyl adjacent to an activating group) is 1. The maximum atomic E-state index is 13.0. The van der Waals surface area contributed by atoms with E-state index in [0.717, 1.165) is 11.3 Å². The van der Waals surface area contributed by atoms with E-state index < -0.39 is 0 Å². The van der Waals surface area contributed by atoms with Crippen molar-refractivity contribution in [1.29, 1.82) is 0 Å². The number of benzene rings is 1. The van der Waals surface area contributed by atoms with Crippen molar-refractivity contribution in [2.45, 2.75) is 59.5 Å². The van der Waals surface area contributed by atoms with E-state index in [2.05, 4.69) is 45.0 Å². The quantitative estimate of drug-likeness (QED) is 0.732. The molecular weight excluding hydrogens is 388 g/mol. The Morgan fingerprint density at radius 1 is 1.21 bits per heavy atom. The van der Waals surface area contributed by atoms with Gasteiger partial charge in [-0.2, -0.15) is 5.10 Å². The largest absolute Gasteiger partial charge is 0.350 e. The highest BCUT2D eigenvalue weighted by molar-refractivity contribution is 6.30. The zero-order chi connectivity index (χ0) is 21.8. The second-order valence-electron chi connectivity index (χ2n) is 8.41. The maximum Gasteiger partial charge on any atom is 0.274 e. The normalized spacial score (nSPS) is 11.6. The van der Waals surface area contributed by atoms with Gasteiger partial charge in [0.1, 0.15) is 0 Å². The molecule has 2 aromatic rings. The number of halogens is 1. The van der Waals surface area contributed by atoms with Crippen LogP contribution in [-0.4, -0.2) is 39.6 Å². The van der Waals surface area contributed by atoms with Crippen molar-refractivity contribution in [2.75, 3.05) is 13.1 Å². The Bertz CT molecular complexity index is 851. The van der Waals surface area contributed by atoms with Gasteiger partial charge in [-0.15, -0.1) is 0 Å². The lowest BCUT2D eigenvalue weighted by Gasteiger charge is -2.24. The van der Waals surface area contributed by atoms with E-state index in [1.165, 1.54) is 4.90 Å². The third kappa shape index (κ3) is 6.07. The fourth-order valence-electron chi connectivity index (χ4n) is 2.97. The van der Waals surface area contributed by atoms with Gasteiger partial charge >= 0.3 is 0 Å². The molecule has 1 aromatic carbocycles. The molecule has 0 bridgehead atoms. The van der Waals surface area contributed by atoms with Gasteiger partial charge in [0.2, 0.25) is 5.91 Å². The highest BCUT2D eigenvalue weighted by atomic mass is 35.5. The Labute approximate surface area is 178 Å². The summed E-state index contributed by atoms with van der Waals surface area (Å²) in [5, 5.41) is 8.06. The predicted molar refractivity (Wildman–Crippen MR) is 116 cm³/mol. The minimum absolute atomic E-state index is 0.0116. The Morgan fingerprint density at radius 3 is 2.31 bits per heavy atom. The summed E-state index contributed by atoms with van der Waals surface area (Å²) < 4.78 is 1.90. The number of hydrogen-bond acceptors (Lipinski definition) is 3. The minimum Gasteiger partial charge on any atom is -0.350 e. The smallest absolute Gasteiger partial charge is 0.274 e. The fourth-order valence-corrected chi connectivity index (χ4v) is 3.10. The molecular formula is C22H31ClN4O2. The molecule has 7 heteroatoms. The number of aromatic nitrogens is 2. The zero-order valence-electron chi connectivity index (χ0n) is 18.1. The van der Waals surface area contributed by atoms with Crippen molar-refractivity contribution >= 4 is 23.4 Å². The number of rotatable bonds is 7. The monoisotopic (exact) mass is 418 g/mol. The molecule has 0 saturated carbocycles. The Kier molecular flexibility index (Phi) is 7.47. The summed E-state index contributed by atoms with van der Waals surface area (Å²) in [6.07, 6.45) is 0. The first-order chi connectivity index (χ1) is 13.5. The summed E-state index contributed by atoms with van der Waals surface area (Å²) >= 11 is 5.88. The van der Waals surface area contributed by atoms with Crippen LogP contribution in [0.15, 0.2) is 30.3 Å². The van der Waals surface area contributed by atoms with Gasteiger partial charge < -0.3 is 10.2 Å². The number of nitrogens with zero attached hydrogens (tertiary/aromatic N) is 3. The van der Waals surface area contributed by atoms with Crippen LogP contribution in [0, 0.1) is 0 Å². The van der Waals surface area contributed by atoms with Crippen molar-refractivity contribution in [3.63, 3.8) is 0 Å². The molecule has 0 fully saturated rings. The fraction of sp³-hybridized carbons (Fsp3) is 0.500. The van der Waals surface area contributed by atoms with Crippen LogP contribution < -0.4 is 5.32 Å². The Morgan fingerprint density at radius 2 is 1.83 bits per heavy atom. The molecule has 1 N–H and O–H groups in total. The summed E-state index contributed by atoms with van der Waals surface area (Å²) in [4.78, 5) is 26.9. The van der Waals surface area contributed by atoms with Crippen molar-refractivity contribution < 1.29 is 9.59 Å². The SMILES string of the molecule is CCN(CC(=O)NCc1ccc(Cl)cc1)C(=O)c1cc(C(C)C)n(C(C)(C)C)n1. The van der Waals surface area contributed by atoms with E-state index in [1.807, 2.05) is 29.8 Å². The molecule has 0 spiro atoms. The Balaban J connectivity index is 2.08. The molecule has 158 valence electrons. The molecule has 29 heavy (non-hydrogen) atoms. The number of hydrogen-bond donors (Lipinski definition) is 1. The summed E-state index contributed by atoms with van der Waals surface area (Å²) in [6, 6.07) is 9.12. The van der Waals surface area contributed by atoms with Crippen LogP contribution in [0.1, 0.15) is 69.2 Å². The van der Waals surface area contributed by atoms with Gasteiger partial charge in [0, 0.05) is 23.8 Å². The number of carbonyl (C=O) groups is 2. The van der Waals surface area contributed by atoms with Gasteiger partial charge in [-0.05, 0) is 57.4 Å². The molecule has 0 atom stereocenters. The van der Waals surface area contributed by atoms with Crippen LogP contribution in [0.25, 0.3) is 0 Å². The summed E-state index contributed by atoms with van der Waals surface area (Å²) in [6.45, 7) is 13.0. The van der Waals surface area contributed by atoms with E-state index in [1.54, 1.807) is 12.1 Å². The lowest BCUT2D eigenvalue weighted by atomic mass is 10.1. The van der Waals surface area contributed by atoms with Gasteiger partial charge in [0.05, 0.1) is 12.1 Å². The molecule has 0 aliphatic heterocycles. The highest BCUT2D eigenvalue weighted by Crippen LogP contribution is 2.24. The van der Waals surface area contributed by atoms with Crippen LogP contribution in [-0.2, 0) is 16.9 Å². The topological polar surface area (TPSA) is 67.2 Å². The molecule has 0 unspecified atom stereocenters. The highest BCUT2D eigenvalue weighted by Gasteiger charge is 2.26. The van der Waals surface area contributed by atoms with Crippen LogP contribution in [0.2, 0.25) is 5.02 Å². The molecule has 0 radical (unpaired) electrons. The third-order valence-corrected chi connectivity index (χ3v) is 4.84.